The number of ether oxygens (including phenoxy) is 2. The Morgan fingerprint density at radius 2 is 1.81 bits per heavy atom. The van der Waals surface area contributed by atoms with Gasteiger partial charge in [0.1, 0.15) is 18.0 Å². The summed E-state index contributed by atoms with van der Waals surface area (Å²) in [6.07, 6.45) is 3.14. The van der Waals surface area contributed by atoms with E-state index in [1.54, 1.807) is 12.4 Å². The smallest absolute Gasteiger partial charge is 0.228 e. The zero-order chi connectivity index (χ0) is 24.9. The summed E-state index contributed by atoms with van der Waals surface area (Å²) < 4.78 is 12.2. The van der Waals surface area contributed by atoms with E-state index in [0.29, 0.717) is 24.4 Å². The molecule has 8 nitrogen and oxygen atoms in total. The fraction of sp³-hybridized carbons (Fsp3) is 0.321. The second kappa shape index (κ2) is 10.9. The maximum absolute atomic E-state index is 12.6. The Labute approximate surface area is 209 Å². The Morgan fingerprint density at radius 3 is 2.58 bits per heavy atom. The topological polar surface area (TPSA) is 110 Å². The summed E-state index contributed by atoms with van der Waals surface area (Å²) in [7, 11) is 0. The number of fused-ring (bicyclic) bond motifs is 3. The molecule has 0 radical (unpaired) electrons. The minimum Gasteiger partial charge on any atom is -0.487 e. The van der Waals surface area contributed by atoms with Crippen molar-refractivity contribution in [3.63, 3.8) is 0 Å². The fourth-order valence-corrected chi connectivity index (χ4v) is 4.93. The summed E-state index contributed by atoms with van der Waals surface area (Å²) in [4.78, 5) is 29.1. The van der Waals surface area contributed by atoms with Gasteiger partial charge in [-0.3, -0.25) is 14.6 Å². The lowest BCUT2D eigenvalue weighted by atomic mass is 9.84. The number of amides is 2. The molecule has 1 saturated heterocycles. The first kappa shape index (κ1) is 24.0. The van der Waals surface area contributed by atoms with E-state index in [1.165, 1.54) is 0 Å². The number of pyridine rings is 1. The molecule has 0 aliphatic carbocycles. The van der Waals surface area contributed by atoms with Crippen LogP contribution in [0.2, 0.25) is 0 Å². The van der Waals surface area contributed by atoms with Gasteiger partial charge in [0.05, 0.1) is 25.6 Å². The maximum Gasteiger partial charge on any atom is 0.228 e. The molecule has 2 aromatic carbocycles. The number of anilines is 1. The zero-order valence-electron chi connectivity index (χ0n) is 19.8. The molecule has 3 aromatic rings. The molecule has 36 heavy (non-hydrogen) atoms. The van der Waals surface area contributed by atoms with Crippen LogP contribution < -0.4 is 15.4 Å². The van der Waals surface area contributed by atoms with Gasteiger partial charge in [0, 0.05) is 36.1 Å². The Morgan fingerprint density at radius 1 is 1.00 bits per heavy atom. The van der Waals surface area contributed by atoms with E-state index < -0.39 is 6.10 Å². The molecule has 2 amide bonds. The molecule has 1 fully saturated rings. The monoisotopic (exact) mass is 487 g/mol. The lowest BCUT2D eigenvalue weighted by Gasteiger charge is -2.37. The summed E-state index contributed by atoms with van der Waals surface area (Å²) in [6, 6.07) is 18.9. The largest absolute Gasteiger partial charge is 0.487 e. The SMILES string of the molecule is O=C(C[C@@H]1C[C@@H]2c3cc(NC(=O)Cc4ccncc4)ccc3O[C@@H]2[C@@H](CO)O1)NCc1ccccc1. The van der Waals surface area contributed by atoms with Gasteiger partial charge in [-0.25, -0.2) is 0 Å². The van der Waals surface area contributed by atoms with Gasteiger partial charge in [0.2, 0.25) is 11.8 Å². The third-order valence-corrected chi connectivity index (χ3v) is 6.64. The van der Waals surface area contributed by atoms with Crippen molar-refractivity contribution in [2.45, 2.75) is 50.0 Å². The number of aliphatic hydroxyl groups is 1. The lowest BCUT2D eigenvalue weighted by Crippen LogP contribution is -2.47. The number of rotatable bonds is 8. The number of nitrogens with one attached hydrogen (secondary N) is 2. The Balaban J connectivity index is 1.24. The molecule has 5 rings (SSSR count). The first-order valence-corrected chi connectivity index (χ1v) is 12.2. The van der Waals surface area contributed by atoms with Crippen LogP contribution in [0, 0.1) is 0 Å². The van der Waals surface area contributed by atoms with Gasteiger partial charge in [-0.05, 0) is 47.9 Å². The summed E-state index contributed by atoms with van der Waals surface area (Å²) in [5, 5.41) is 15.9. The van der Waals surface area contributed by atoms with Crippen molar-refractivity contribution < 1.29 is 24.2 Å². The van der Waals surface area contributed by atoms with E-state index in [1.807, 2.05) is 60.7 Å². The van der Waals surface area contributed by atoms with Gasteiger partial charge in [0.25, 0.3) is 0 Å². The van der Waals surface area contributed by atoms with E-state index in [0.717, 1.165) is 16.7 Å². The van der Waals surface area contributed by atoms with Crippen molar-refractivity contribution in [1.82, 2.24) is 10.3 Å². The molecule has 2 aliphatic heterocycles. The molecule has 3 N–H and O–H groups in total. The average molecular weight is 488 g/mol. The van der Waals surface area contributed by atoms with E-state index in [4.69, 9.17) is 9.47 Å². The van der Waals surface area contributed by atoms with Crippen LogP contribution in [0.5, 0.6) is 5.75 Å². The van der Waals surface area contributed by atoms with Gasteiger partial charge in [-0.15, -0.1) is 0 Å². The standard InChI is InChI=1S/C28H29N3O5/c32-17-25-28-23(14-21(35-25)15-26(33)30-16-19-4-2-1-3-5-19)22-13-20(6-7-24(22)36-28)31-27(34)12-18-8-10-29-11-9-18/h1-11,13,21,23,25,28,32H,12,14-17H2,(H,30,33)(H,31,34)/t21-,23+,25+,28-/m0/s1. The highest BCUT2D eigenvalue weighted by Crippen LogP contribution is 2.47. The van der Waals surface area contributed by atoms with Crippen LogP contribution >= 0.6 is 0 Å². The van der Waals surface area contributed by atoms with Crippen LogP contribution in [0.4, 0.5) is 5.69 Å². The fourth-order valence-electron chi connectivity index (χ4n) is 4.93. The second-order valence-electron chi connectivity index (χ2n) is 9.20. The van der Waals surface area contributed by atoms with Crippen LogP contribution in [0.25, 0.3) is 0 Å². The maximum atomic E-state index is 12.6. The Bertz CT molecular complexity index is 1200. The van der Waals surface area contributed by atoms with Crippen LogP contribution in [-0.2, 0) is 27.3 Å². The molecule has 0 bridgehead atoms. The number of aromatic nitrogens is 1. The molecule has 186 valence electrons. The van der Waals surface area contributed by atoms with Crippen molar-refractivity contribution in [2.24, 2.45) is 0 Å². The molecule has 4 atom stereocenters. The molecule has 8 heteroatoms. The van der Waals surface area contributed by atoms with Crippen LogP contribution in [0.15, 0.2) is 73.1 Å². The van der Waals surface area contributed by atoms with Crippen molar-refractivity contribution in [3.8, 4) is 5.75 Å². The average Bonchev–Trinajstić information content (AvgIpc) is 3.26. The van der Waals surface area contributed by atoms with Gasteiger partial charge < -0.3 is 25.2 Å². The summed E-state index contributed by atoms with van der Waals surface area (Å²) in [5.74, 6) is 0.447. The van der Waals surface area contributed by atoms with Crippen molar-refractivity contribution in [1.29, 1.82) is 0 Å². The summed E-state index contributed by atoms with van der Waals surface area (Å²) in [6.45, 7) is 0.253. The first-order chi connectivity index (χ1) is 17.6. The third kappa shape index (κ3) is 5.56. The van der Waals surface area contributed by atoms with E-state index in [2.05, 4.69) is 15.6 Å². The van der Waals surface area contributed by atoms with Crippen molar-refractivity contribution in [2.75, 3.05) is 11.9 Å². The number of hydrogen-bond donors (Lipinski definition) is 3. The number of aliphatic hydroxyl groups excluding tert-OH is 1. The van der Waals surface area contributed by atoms with Crippen molar-refractivity contribution >= 4 is 17.5 Å². The van der Waals surface area contributed by atoms with E-state index >= 15 is 0 Å². The molecular weight excluding hydrogens is 458 g/mol. The van der Waals surface area contributed by atoms with E-state index in [-0.39, 0.29) is 49.4 Å². The van der Waals surface area contributed by atoms with Crippen molar-refractivity contribution in [3.05, 3.63) is 89.7 Å². The van der Waals surface area contributed by atoms with Gasteiger partial charge >= 0.3 is 0 Å². The molecule has 0 spiro atoms. The van der Waals surface area contributed by atoms with Crippen LogP contribution in [0.3, 0.4) is 0 Å². The molecule has 3 heterocycles. The zero-order valence-corrected chi connectivity index (χ0v) is 19.8. The normalized spacial score (nSPS) is 22.1. The minimum atomic E-state index is -0.534. The highest BCUT2D eigenvalue weighted by Gasteiger charge is 2.46. The number of hydrogen-bond acceptors (Lipinski definition) is 6. The summed E-state index contributed by atoms with van der Waals surface area (Å²) in [5.41, 5.74) is 3.55. The molecule has 1 aromatic heterocycles. The van der Waals surface area contributed by atoms with Gasteiger partial charge in [0.15, 0.2) is 0 Å². The number of carbonyl (C=O) groups excluding carboxylic acids is 2. The molecular formula is C28H29N3O5. The van der Waals surface area contributed by atoms with E-state index in [9.17, 15) is 14.7 Å². The summed E-state index contributed by atoms with van der Waals surface area (Å²) >= 11 is 0. The lowest BCUT2D eigenvalue weighted by molar-refractivity contribution is -0.142. The van der Waals surface area contributed by atoms with Crippen LogP contribution in [-0.4, -0.2) is 46.8 Å². The Kier molecular flexibility index (Phi) is 7.25. The number of nitrogens with zero attached hydrogens (tertiary/aromatic N) is 1. The Hall–Kier alpha value is -3.75. The molecule has 0 unspecified atom stereocenters. The first-order valence-electron chi connectivity index (χ1n) is 12.2. The quantitative estimate of drug-likeness (QED) is 0.451. The highest BCUT2D eigenvalue weighted by molar-refractivity contribution is 5.92. The predicted molar refractivity (Wildman–Crippen MR) is 133 cm³/mol. The van der Waals surface area contributed by atoms with Gasteiger partial charge in [-0.1, -0.05) is 30.3 Å². The second-order valence-corrected chi connectivity index (χ2v) is 9.20. The number of carbonyl (C=O) groups is 2. The molecule has 0 saturated carbocycles. The van der Waals surface area contributed by atoms with Crippen LogP contribution in [0.1, 0.15) is 35.4 Å². The molecule has 2 aliphatic rings. The van der Waals surface area contributed by atoms with Gasteiger partial charge in [-0.2, -0.15) is 0 Å². The third-order valence-electron chi connectivity index (χ3n) is 6.64. The minimum absolute atomic E-state index is 0.0464. The number of benzene rings is 2. The predicted octanol–water partition coefficient (Wildman–Crippen LogP) is 2.96. The highest BCUT2D eigenvalue weighted by atomic mass is 16.6.